The highest BCUT2D eigenvalue weighted by molar-refractivity contribution is 7.26. The molecule has 0 amide bonds. The fourth-order valence-corrected chi connectivity index (χ4v) is 10.4. The SMILES string of the molecule is c1ccc(C2(c3ccccc3)c3ccccc3-c3ccc(N(c4ccc(-c5cccc6c5sc5ccccc56)cc4)c4cccc5ccccc45)cc32)cc1. The molecule has 0 bridgehead atoms. The van der Waals surface area contributed by atoms with Crippen molar-refractivity contribution in [2.45, 2.75) is 5.41 Å². The maximum Gasteiger partial charge on any atom is 0.0714 e. The predicted molar refractivity (Wildman–Crippen MR) is 234 cm³/mol. The molecule has 0 atom stereocenters. The molecule has 0 unspecified atom stereocenters. The number of benzene rings is 9. The van der Waals surface area contributed by atoms with Crippen molar-refractivity contribution in [1.82, 2.24) is 0 Å². The molecule has 0 N–H and O–H groups in total. The third-order valence-electron chi connectivity index (χ3n) is 11.5. The van der Waals surface area contributed by atoms with Gasteiger partial charge in [0.2, 0.25) is 0 Å². The minimum absolute atomic E-state index is 0.484. The first-order valence-corrected chi connectivity index (χ1v) is 19.7. The Bertz CT molecular complexity index is 2990. The van der Waals surface area contributed by atoms with E-state index in [1.807, 2.05) is 11.3 Å². The average Bonchev–Trinajstić information content (AvgIpc) is 3.79. The molecule has 1 nitrogen and oxygen atoms in total. The first-order chi connectivity index (χ1) is 27.3. The van der Waals surface area contributed by atoms with Gasteiger partial charge >= 0.3 is 0 Å². The van der Waals surface area contributed by atoms with Crippen molar-refractivity contribution < 1.29 is 0 Å². The number of rotatable bonds is 6. The van der Waals surface area contributed by atoms with Gasteiger partial charge in [0.05, 0.1) is 11.1 Å². The summed E-state index contributed by atoms with van der Waals surface area (Å²) in [5.74, 6) is 0. The largest absolute Gasteiger partial charge is 0.310 e. The molecule has 2 heteroatoms. The minimum Gasteiger partial charge on any atom is -0.310 e. The van der Waals surface area contributed by atoms with Crippen molar-refractivity contribution in [3.8, 4) is 22.3 Å². The van der Waals surface area contributed by atoms with E-state index in [0.717, 1.165) is 17.1 Å². The monoisotopic (exact) mass is 717 g/mol. The molecule has 0 saturated carbocycles. The van der Waals surface area contributed by atoms with E-state index in [-0.39, 0.29) is 0 Å². The Balaban J connectivity index is 1.14. The summed E-state index contributed by atoms with van der Waals surface area (Å²) < 4.78 is 2.66. The molecule has 55 heavy (non-hydrogen) atoms. The Hall–Kier alpha value is -6.74. The molecular weight excluding hydrogens is 683 g/mol. The van der Waals surface area contributed by atoms with Crippen LogP contribution in [0.15, 0.2) is 212 Å². The van der Waals surface area contributed by atoms with Crippen LogP contribution in [0.3, 0.4) is 0 Å². The summed E-state index contributed by atoms with van der Waals surface area (Å²) in [5, 5.41) is 5.07. The zero-order valence-corrected chi connectivity index (χ0v) is 30.9. The van der Waals surface area contributed by atoms with E-state index in [1.54, 1.807) is 0 Å². The summed E-state index contributed by atoms with van der Waals surface area (Å²) in [6.45, 7) is 0. The van der Waals surface area contributed by atoms with Gasteiger partial charge in [-0.1, -0.05) is 176 Å². The molecule has 9 aromatic carbocycles. The zero-order chi connectivity index (χ0) is 36.3. The number of hydrogen-bond donors (Lipinski definition) is 0. The van der Waals surface area contributed by atoms with E-state index < -0.39 is 5.41 Å². The van der Waals surface area contributed by atoms with E-state index in [9.17, 15) is 0 Å². The number of thiophene rings is 1. The topological polar surface area (TPSA) is 3.24 Å². The van der Waals surface area contributed by atoms with Gasteiger partial charge in [-0.25, -0.2) is 0 Å². The smallest absolute Gasteiger partial charge is 0.0714 e. The van der Waals surface area contributed by atoms with Gasteiger partial charge in [-0.15, -0.1) is 11.3 Å². The summed E-state index contributed by atoms with van der Waals surface area (Å²) in [6, 6.07) is 78.3. The van der Waals surface area contributed by atoms with Gasteiger partial charge < -0.3 is 4.90 Å². The van der Waals surface area contributed by atoms with Crippen molar-refractivity contribution >= 4 is 59.3 Å². The third kappa shape index (κ3) is 4.85. The summed E-state index contributed by atoms with van der Waals surface area (Å²) in [5.41, 5.74) is 13.1. The van der Waals surface area contributed by atoms with Crippen LogP contribution in [0.5, 0.6) is 0 Å². The van der Waals surface area contributed by atoms with E-state index in [4.69, 9.17) is 0 Å². The quantitative estimate of drug-likeness (QED) is 0.166. The molecule has 0 radical (unpaired) electrons. The van der Waals surface area contributed by atoms with Crippen LogP contribution in [0.2, 0.25) is 0 Å². The van der Waals surface area contributed by atoms with Gasteiger partial charge in [0.1, 0.15) is 0 Å². The van der Waals surface area contributed by atoms with Gasteiger partial charge in [-0.2, -0.15) is 0 Å². The normalized spacial score (nSPS) is 12.9. The molecule has 0 saturated heterocycles. The zero-order valence-electron chi connectivity index (χ0n) is 30.1. The summed E-state index contributed by atoms with van der Waals surface area (Å²) in [4.78, 5) is 2.45. The molecule has 1 heterocycles. The van der Waals surface area contributed by atoms with Crippen molar-refractivity contribution in [2.75, 3.05) is 4.90 Å². The Labute approximate surface area is 325 Å². The molecule has 0 fully saturated rings. The number of fused-ring (bicyclic) bond motifs is 7. The van der Waals surface area contributed by atoms with Gasteiger partial charge in [-0.3, -0.25) is 0 Å². The lowest BCUT2D eigenvalue weighted by atomic mass is 9.67. The van der Waals surface area contributed by atoms with Crippen LogP contribution < -0.4 is 4.90 Å². The van der Waals surface area contributed by atoms with Crippen molar-refractivity contribution in [3.05, 3.63) is 235 Å². The highest BCUT2D eigenvalue weighted by Crippen LogP contribution is 2.57. The van der Waals surface area contributed by atoms with Crippen molar-refractivity contribution in [1.29, 1.82) is 0 Å². The molecule has 258 valence electrons. The summed E-state index contributed by atoms with van der Waals surface area (Å²) >= 11 is 1.88. The van der Waals surface area contributed by atoms with Crippen molar-refractivity contribution in [3.63, 3.8) is 0 Å². The van der Waals surface area contributed by atoms with E-state index in [2.05, 4.69) is 217 Å². The Kier molecular flexibility index (Phi) is 7.33. The molecule has 0 aliphatic heterocycles. The van der Waals surface area contributed by atoms with Gasteiger partial charge in [-0.05, 0) is 86.3 Å². The van der Waals surface area contributed by atoms with E-state index >= 15 is 0 Å². The fraction of sp³-hybridized carbons (Fsp3) is 0.0189. The molecule has 11 rings (SSSR count). The second kappa shape index (κ2) is 12.7. The van der Waals surface area contributed by atoms with Crippen LogP contribution in [0.1, 0.15) is 22.3 Å². The maximum atomic E-state index is 2.46. The van der Waals surface area contributed by atoms with Gasteiger partial charge in [0, 0.05) is 36.9 Å². The fourth-order valence-electron chi connectivity index (χ4n) is 9.17. The second-order valence-corrected chi connectivity index (χ2v) is 15.5. The predicted octanol–water partition coefficient (Wildman–Crippen LogP) is 14.7. The van der Waals surface area contributed by atoms with Crippen LogP contribution >= 0.6 is 11.3 Å². The lowest BCUT2D eigenvalue weighted by Gasteiger charge is -2.35. The first kappa shape index (κ1) is 31.8. The highest BCUT2D eigenvalue weighted by Gasteiger charge is 2.46. The Morgan fingerprint density at radius 1 is 0.382 bits per heavy atom. The molecule has 10 aromatic rings. The molecule has 1 aromatic heterocycles. The Morgan fingerprint density at radius 2 is 0.964 bits per heavy atom. The van der Waals surface area contributed by atoms with Crippen LogP contribution in [0.4, 0.5) is 17.1 Å². The van der Waals surface area contributed by atoms with E-state index in [1.165, 1.54) is 75.5 Å². The second-order valence-electron chi connectivity index (χ2n) is 14.4. The molecule has 1 aliphatic rings. The van der Waals surface area contributed by atoms with Gasteiger partial charge in [0.15, 0.2) is 0 Å². The first-order valence-electron chi connectivity index (χ1n) is 18.9. The van der Waals surface area contributed by atoms with E-state index in [0.29, 0.717) is 0 Å². The van der Waals surface area contributed by atoms with Crippen LogP contribution in [0.25, 0.3) is 53.2 Å². The standard InChI is InChI=1S/C53H35NS/c1-3-17-38(18-4-1)53(39-19-5-2-6-20-39)48-26-11-9-22-44(48)45-34-33-41(35-49(45)53)54(50-27-13-16-36-15-7-8-21-42(36)50)40-31-29-37(30-32-40)43-24-14-25-47-46-23-10-12-28-51(46)55-52(43)47/h1-35H. The van der Waals surface area contributed by atoms with Crippen LogP contribution in [-0.2, 0) is 5.41 Å². The van der Waals surface area contributed by atoms with Crippen LogP contribution in [0, 0.1) is 0 Å². The highest BCUT2D eigenvalue weighted by atomic mass is 32.1. The Morgan fingerprint density at radius 3 is 1.76 bits per heavy atom. The van der Waals surface area contributed by atoms with Crippen LogP contribution in [-0.4, -0.2) is 0 Å². The average molecular weight is 718 g/mol. The third-order valence-corrected chi connectivity index (χ3v) is 12.8. The van der Waals surface area contributed by atoms with Gasteiger partial charge in [0.25, 0.3) is 0 Å². The number of nitrogens with zero attached hydrogens (tertiary/aromatic N) is 1. The lowest BCUT2D eigenvalue weighted by Crippen LogP contribution is -2.28. The number of anilines is 3. The summed E-state index contributed by atoms with van der Waals surface area (Å²) in [6.07, 6.45) is 0. The van der Waals surface area contributed by atoms with Crippen molar-refractivity contribution in [2.24, 2.45) is 0 Å². The molecule has 0 spiro atoms. The maximum absolute atomic E-state index is 2.46. The minimum atomic E-state index is -0.484. The summed E-state index contributed by atoms with van der Waals surface area (Å²) in [7, 11) is 0. The number of hydrogen-bond acceptors (Lipinski definition) is 2. The molecule has 1 aliphatic carbocycles. The molecular formula is C53H35NS. The lowest BCUT2D eigenvalue weighted by molar-refractivity contribution is 0.768.